The molecule has 1 N–H and O–H groups in total. The van der Waals surface area contributed by atoms with E-state index in [4.69, 9.17) is 4.42 Å². The molecule has 0 bridgehead atoms. The van der Waals surface area contributed by atoms with E-state index in [2.05, 4.69) is 21.7 Å². The minimum absolute atomic E-state index is 0.825. The fourth-order valence-electron chi connectivity index (χ4n) is 2.53. The van der Waals surface area contributed by atoms with Crippen molar-refractivity contribution in [1.29, 1.82) is 0 Å². The van der Waals surface area contributed by atoms with Gasteiger partial charge in [0.05, 0.1) is 6.54 Å². The highest BCUT2D eigenvalue weighted by atomic mass is 32.1. The molecule has 19 heavy (non-hydrogen) atoms. The molecule has 0 unspecified atom stereocenters. The van der Waals surface area contributed by atoms with Crippen molar-refractivity contribution in [3.63, 3.8) is 0 Å². The van der Waals surface area contributed by atoms with Crippen LogP contribution in [0.15, 0.2) is 28.0 Å². The lowest BCUT2D eigenvalue weighted by molar-refractivity contribution is 0.254. The first-order valence-corrected chi connectivity index (χ1v) is 7.73. The Hall–Kier alpha value is -1.10. The highest BCUT2D eigenvalue weighted by molar-refractivity contribution is 7.10. The highest BCUT2D eigenvalue weighted by Crippen LogP contribution is 2.23. The van der Waals surface area contributed by atoms with Crippen LogP contribution in [-0.4, -0.2) is 24.5 Å². The third kappa shape index (κ3) is 3.26. The van der Waals surface area contributed by atoms with E-state index in [1.165, 1.54) is 18.5 Å². The summed E-state index contributed by atoms with van der Waals surface area (Å²) in [5.41, 5.74) is 1.53. The summed E-state index contributed by atoms with van der Waals surface area (Å²) in [5, 5.41) is 5.66. The number of hydrogen-bond donors (Lipinski definition) is 1. The quantitative estimate of drug-likeness (QED) is 0.851. The number of thiophene rings is 1. The van der Waals surface area contributed by atoms with Crippen molar-refractivity contribution in [2.45, 2.75) is 26.4 Å². The summed E-state index contributed by atoms with van der Waals surface area (Å²) < 4.78 is 5.54. The summed E-state index contributed by atoms with van der Waals surface area (Å²) in [6.07, 6.45) is 1.21. The first-order valence-electron chi connectivity index (χ1n) is 6.85. The maximum absolute atomic E-state index is 5.54. The van der Waals surface area contributed by atoms with E-state index in [9.17, 15) is 0 Å². The van der Waals surface area contributed by atoms with Gasteiger partial charge in [0.2, 0.25) is 0 Å². The number of aryl methyl sites for hydroxylation is 1. The van der Waals surface area contributed by atoms with Crippen LogP contribution in [0.3, 0.4) is 0 Å². The molecule has 3 rings (SSSR count). The third-order valence-corrected chi connectivity index (χ3v) is 4.61. The number of rotatable bonds is 5. The minimum atomic E-state index is 0.825. The van der Waals surface area contributed by atoms with E-state index in [0.29, 0.717) is 0 Å². The van der Waals surface area contributed by atoms with Gasteiger partial charge in [0.1, 0.15) is 11.5 Å². The van der Waals surface area contributed by atoms with E-state index in [1.54, 1.807) is 4.88 Å². The van der Waals surface area contributed by atoms with Crippen molar-refractivity contribution in [2.75, 3.05) is 19.6 Å². The summed E-state index contributed by atoms with van der Waals surface area (Å²) in [7, 11) is 0. The Kier molecular flexibility index (Phi) is 4.01. The maximum atomic E-state index is 5.54. The molecule has 1 aliphatic heterocycles. The van der Waals surface area contributed by atoms with Gasteiger partial charge in [-0.3, -0.25) is 4.90 Å². The van der Waals surface area contributed by atoms with Crippen LogP contribution in [0.1, 0.15) is 22.0 Å². The second-order valence-electron chi connectivity index (χ2n) is 5.08. The maximum Gasteiger partial charge on any atom is 0.117 e. The van der Waals surface area contributed by atoms with Gasteiger partial charge < -0.3 is 9.73 Å². The van der Waals surface area contributed by atoms with Crippen LogP contribution >= 0.6 is 11.3 Å². The van der Waals surface area contributed by atoms with Gasteiger partial charge in [0.25, 0.3) is 0 Å². The summed E-state index contributed by atoms with van der Waals surface area (Å²) in [6.45, 7) is 7.23. The van der Waals surface area contributed by atoms with Gasteiger partial charge in [-0.2, -0.15) is 0 Å². The van der Waals surface area contributed by atoms with Crippen LogP contribution in [0.4, 0.5) is 0 Å². The Morgan fingerprint density at radius 1 is 1.37 bits per heavy atom. The van der Waals surface area contributed by atoms with Crippen molar-refractivity contribution in [3.05, 3.63) is 45.5 Å². The summed E-state index contributed by atoms with van der Waals surface area (Å²) in [6, 6.07) is 6.33. The molecular weight excluding hydrogens is 256 g/mol. The minimum Gasteiger partial charge on any atom is -0.465 e. The van der Waals surface area contributed by atoms with Gasteiger partial charge in [0.15, 0.2) is 0 Å². The third-order valence-electron chi connectivity index (χ3n) is 3.59. The zero-order chi connectivity index (χ0) is 13.1. The van der Waals surface area contributed by atoms with Gasteiger partial charge in [-0.05, 0) is 42.5 Å². The molecule has 3 nitrogen and oxygen atoms in total. The van der Waals surface area contributed by atoms with Crippen molar-refractivity contribution >= 4 is 11.3 Å². The van der Waals surface area contributed by atoms with Crippen molar-refractivity contribution < 1.29 is 4.42 Å². The second-order valence-corrected chi connectivity index (χ2v) is 6.08. The molecule has 0 aromatic carbocycles. The Bertz CT molecular complexity index is 532. The van der Waals surface area contributed by atoms with Crippen LogP contribution in [0.5, 0.6) is 0 Å². The Morgan fingerprint density at radius 2 is 2.32 bits per heavy atom. The highest BCUT2D eigenvalue weighted by Gasteiger charge is 2.16. The first-order chi connectivity index (χ1) is 9.31. The predicted molar refractivity (Wildman–Crippen MR) is 78.5 cm³/mol. The van der Waals surface area contributed by atoms with E-state index < -0.39 is 0 Å². The van der Waals surface area contributed by atoms with Crippen LogP contribution < -0.4 is 5.32 Å². The van der Waals surface area contributed by atoms with Crippen LogP contribution in [0, 0.1) is 6.92 Å². The average Bonchev–Trinajstić information content (AvgIpc) is 3.03. The first kappa shape index (κ1) is 12.9. The number of fused-ring (bicyclic) bond motifs is 1. The second kappa shape index (κ2) is 5.90. The topological polar surface area (TPSA) is 28.4 Å². The van der Waals surface area contributed by atoms with Crippen molar-refractivity contribution in [3.8, 4) is 0 Å². The molecule has 2 aromatic rings. The molecule has 0 atom stereocenters. The van der Waals surface area contributed by atoms with Crippen LogP contribution in [0.2, 0.25) is 0 Å². The molecule has 0 saturated heterocycles. The smallest absolute Gasteiger partial charge is 0.117 e. The van der Waals surface area contributed by atoms with E-state index >= 15 is 0 Å². The normalized spacial score (nSPS) is 15.6. The van der Waals surface area contributed by atoms with E-state index in [0.717, 1.165) is 37.7 Å². The Morgan fingerprint density at radius 3 is 3.16 bits per heavy atom. The molecular formula is C15H20N2OS. The Balaban J connectivity index is 1.39. The molecule has 0 radical (unpaired) electrons. The van der Waals surface area contributed by atoms with Gasteiger partial charge in [-0.15, -0.1) is 11.3 Å². The average molecular weight is 276 g/mol. The lowest BCUT2D eigenvalue weighted by atomic mass is 10.1. The molecule has 102 valence electrons. The van der Waals surface area contributed by atoms with E-state index in [1.807, 2.05) is 30.4 Å². The van der Waals surface area contributed by atoms with Gasteiger partial charge in [-0.25, -0.2) is 0 Å². The summed E-state index contributed by atoms with van der Waals surface area (Å²) >= 11 is 1.90. The fraction of sp³-hybridized carbons (Fsp3) is 0.467. The molecule has 0 amide bonds. The lowest BCUT2D eigenvalue weighted by Crippen LogP contribution is -2.35. The van der Waals surface area contributed by atoms with Crippen LogP contribution in [-0.2, 0) is 19.5 Å². The van der Waals surface area contributed by atoms with Crippen molar-refractivity contribution in [2.24, 2.45) is 0 Å². The molecule has 4 heteroatoms. The van der Waals surface area contributed by atoms with Gasteiger partial charge in [-0.1, -0.05) is 0 Å². The largest absolute Gasteiger partial charge is 0.465 e. The number of furan rings is 1. The standard InChI is InChI=1S/C15H20N2OS/c1-12-2-3-14(18-12)10-16-6-8-17-7-4-15-13(11-17)5-9-19-15/h2-3,5,9,16H,4,6-8,10-11H2,1H3. The van der Waals surface area contributed by atoms with Crippen molar-refractivity contribution in [1.82, 2.24) is 10.2 Å². The number of hydrogen-bond acceptors (Lipinski definition) is 4. The fourth-order valence-corrected chi connectivity index (χ4v) is 3.42. The molecule has 2 aromatic heterocycles. The van der Waals surface area contributed by atoms with E-state index in [-0.39, 0.29) is 0 Å². The monoisotopic (exact) mass is 276 g/mol. The zero-order valence-corrected chi connectivity index (χ0v) is 12.1. The zero-order valence-electron chi connectivity index (χ0n) is 11.3. The molecule has 0 spiro atoms. The van der Waals surface area contributed by atoms with Gasteiger partial charge >= 0.3 is 0 Å². The van der Waals surface area contributed by atoms with Gasteiger partial charge in [0, 0.05) is 31.1 Å². The SMILES string of the molecule is Cc1ccc(CNCCN2CCc3sccc3C2)o1. The molecule has 0 saturated carbocycles. The number of nitrogens with zero attached hydrogens (tertiary/aromatic N) is 1. The molecule has 0 aliphatic carbocycles. The molecule has 1 aliphatic rings. The summed E-state index contributed by atoms with van der Waals surface area (Å²) in [4.78, 5) is 4.10. The number of nitrogens with one attached hydrogen (secondary N) is 1. The Labute approximate surface area is 118 Å². The lowest BCUT2D eigenvalue weighted by Gasteiger charge is -2.26. The summed E-state index contributed by atoms with van der Waals surface area (Å²) in [5.74, 6) is 2.01. The predicted octanol–water partition coefficient (Wildman–Crippen LogP) is 2.80. The molecule has 0 fully saturated rings. The van der Waals surface area contributed by atoms with Crippen LogP contribution in [0.25, 0.3) is 0 Å². The molecule has 3 heterocycles.